The highest BCUT2D eigenvalue weighted by Gasteiger charge is 2.25. The normalized spacial score (nSPS) is 14.0. The van der Waals surface area contributed by atoms with E-state index in [4.69, 9.17) is 19.3 Å². The number of aliphatic hydroxyl groups is 1. The summed E-state index contributed by atoms with van der Waals surface area (Å²) < 4.78 is 16.5. The molecule has 7 heteroatoms. The first-order chi connectivity index (χ1) is 15.6. The molecule has 0 spiro atoms. The third-order valence-corrected chi connectivity index (χ3v) is 5.17. The molecule has 0 bridgehead atoms. The average Bonchev–Trinajstić information content (AvgIpc) is 2.81. The monoisotopic (exact) mass is 439 g/mol. The van der Waals surface area contributed by atoms with Crippen LogP contribution in [0.15, 0.2) is 61.2 Å². The molecule has 0 aromatic heterocycles. The molecule has 1 aliphatic heterocycles. The van der Waals surface area contributed by atoms with Crippen molar-refractivity contribution in [1.29, 1.82) is 0 Å². The predicted molar refractivity (Wildman–Crippen MR) is 120 cm³/mol. The fourth-order valence-corrected chi connectivity index (χ4v) is 3.42. The van der Waals surface area contributed by atoms with E-state index in [9.17, 15) is 9.59 Å². The molecule has 1 heterocycles. The summed E-state index contributed by atoms with van der Waals surface area (Å²) >= 11 is 0. The Morgan fingerprint density at radius 2 is 1.62 bits per heavy atom. The van der Waals surface area contributed by atoms with Crippen LogP contribution in [0.2, 0.25) is 0 Å². The van der Waals surface area contributed by atoms with Crippen LogP contribution in [-0.2, 0) is 22.4 Å². The average molecular weight is 440 g/mol. The fraction of sp³-hybridized carbons (Fsp3) is 0.360. The molecule has 2 aromatic carbocycles. The van der Waals surface area contributed by atoms with Crippen LogP contribution in [0.3, 0.4) is 0 Å². The lowest BCUT2D eigenvalue weighted by Crippen LogP contribution is -2.43. The molecule has 0 atom stereocenters. The largest absolute Gasteiger partial charge is 0.490 e. The van der Waals surface area contributed by atoms with Crippen molar-refractivity contribution in [3.05, 3.63) is 72.3 Å². The number of rotatable bonds is 9. The molecular formula is C25H29NO6. The van der Waals surface area contributed by atoms with Crippen molar-refractivity contribution in [2.24, 2.45) is 0 Å². The quantitative estimate of drug-likeness (QED) is 0.475. The number of piperidine rings is 1. The minimum Gasteiger partial charge on any atom is -0.490 e. The molecule has 0 unspecified atom stereocenters. The molecule has 1 N–H and O–H groups in total. The van der Waals surface area contributed by atoms with E-state index in [0.29, 0.717) is 38.1 Å². The number of hydrogen-bond acceptors (Lipinski definition) is 6. The highest BCUT2D eigenvalue weighted by molar-refractivity contribution is 5.72. The van der Waals surface area contributed by atoms with Crippen LogP contribution in [0.1, 0.15) is 24.0 Å². The van der Waals surface area contributed by atoms with Gasteiger partial charge in [0.2, 0.25) is 0 Å². The van der Waals surface area contributed by atoms with Crippen LogP contribution in [0.25, 0.3) is 0 Å². The van der Waals surface area contributed by atoms with E-state index in [1.807, 2.05) is 36.4 Å². The lowest BCUT2D eigenvalue weighted by molar-refractivity contribution is -0.141. The van der Waals surface area contributed by atoms with Crippen molar-refractivity contribution < 1.29 is 28.9 Å². The highest BCUT2D eigenvalue weighted by Crippen LogP contribution is 2.21. The number of carbonyl (C=O) groups is 2. The Balaban J connectivity index is 1.41. The number of aliphatic hydroxyl groups excluding tert-OH is 1. The van der Waals surface area contributed by atoms with E-state index in [1.54, 1.807) is 17.0 Å². The minimum atomic E-state index is -0.369. The Hall–Kier alpha value is -3.32. The number of benzene rings is 2. The summed E-state index contributed by atoms with van der Waals surface area (Å²) in [7, 11) is 0. The van der Waals surface area contributed by atoms with Crippen molar-refractivity contribution in [2.45, 2.75) is 31.8 Å². The Kier molecular flexibility index (Phi) is 8.69. The number of nitrogens with zero attached hydrogens (tertiary/aromatic N) is 1. The van der Waals surface area contributed by atoms with Crippen molar-refractivity contribution in [1.82, 2.24) is 4.90 Å². The molecule has 170 valence electrons. The Bertz CT molecular complexity index is 886. The number of hydrogen-bond donors (Lipinski definition) is 1. The second-order valence-corrected chi connectivity index (χ2v) is 7.58. The van der Waals surface area contributed by atoms with E-state index in [2.05, 4.69) is 6.58 Å². The van der Waals surface area contributed by atoms with Gasteiger partial charge < -0.3 is 24.2 Å². The molecule has 0 radical (unpaired) electrons. The van der Waals surface area contributed by atoms with Gasteiger partial charge >= 0.3 is 12.1 Å². The van der Waals surface area contributed by atoms with Crippen molar-refractivity contribution in [3.63, 3.8) is 0 Å². The third kappa shape index (κ3) is 7.13. The number of amides is 1. The van der Waals surface area contributed by atoms with Crippen LogP contribution in [-0.4, -0.2) is 54.5 Å². The molecular weight excluding hydrogens is 410 g/mol. The molecule has 32 heavy (non-hydrogen) atoms. The van der Waals surface area contributed by atoms with Crippen LogP contribution in [0, 0.1) is 0 Å². The maximum atomic E-state index is 12.4. The van der Waals surface area contributed by atoms with Gasteiger partial charge in [0, 0.05) is 32.5 Å². The van der Waals surface area contributed by atoms with Gasteiger partial charge in [-0.25, -0.2) is 4.79 Å². The van der Waals surface area contributed by atoms with Crippen molar-refractivity contribution >= 4 is 12.1 Å². The first kappa shape index (κ1) is 23.3. The maximum Gasteiger partial charge on any atom is 0.415 e. The van der Waals surface area contributed by atoms with Gasteiger partial charge in [-0.05, 0) is 41.8 Å². The van der Waals surface area contributed by atoms with Gasteiger partial charge in [0.05, 0.1) is 6.42 Å². The zero-order valence-electron chi connectivity index (χ0n) is 18.1. The summed E-state index contributed by atoms with van der Waals surface area (Å²) in [5.74, 6) is 0.930. The molecule has 3 rings (SSSR count). The topological polar surface area (TPSA) is 85.3 Å². The zero-order chi connectivity index (χ0) is 22.8. The fourth-order valence-electron chi connectivity index (χ4n) is 3.42. The minimum absolute atomic E-state index is 0.0141. The zero-order valence-corrected chi connectivity index (χ0v) is 18.1. The summed E-state index contributed by atoms with van der Waals surface area (Å²) in [4.78, 5) is 25.8. The smallest absolute Gasteiger partial charge is 0.415 e. The van der Waals surface area contributed by atoms with Gasteiger partial charge in [0.25, 0.3) is 0 Å². The van der Waals surface area contributed by atoms with Crippen molar-refractivity contribution in [2.75, 3.05) is 26.3 Å². The Morgan fingerprint density at radius 1 is 1.00 bits per heavy atom. The molecule has 2 aromatic rings. The van der Waals surface area contributed by atoms with Gasteiger partial charge in [-0.2, -0.15) is 0 Å². The molecule has 1 fully saturated rings. The highest BCUT2D eigenvalue weighted by atomic mass is 16.6. The molecule has 0 aliphatic carbocycles. The van der Waals surface area contributed by atoms with E-state index in [0.717, 1.165) is 16.9 Å². The summed E-state index contributed by atoms with van der Waals surface area (Å²) in [6.07, 6.45) is 3.38. The first-order valence-electron chi connectivity index (χ1n) is 10.8. The standard InChI is InChI=1S/C25H29NO6/c1-2-17-30-24(28)18-20-5-9-21(10-6-20)31-23-11-14-26(15-12-23)25(29)32-22-7-3-19(4-8-22)13-16-27/h2-10,23,27H,1,11-18H2. The van der Waals surface area contributed by atoms with E-state index < -0.39 is 0 Å². The van der Waals surface area contributed by atoms with Gasteiger partial charge in [-0.3, -0.25) is 4.79 Å². The maximum absolute atomic E-state index is 12.4. The van der Waals surface area contributed by atoms with Gasteiger partial charge in [0.1, 0.15) is 24.2 Å². The molecule has 1 amide bonds. The summed E-state index contributed by atoms with van der Waals surface area (Å²) in [6.45, 7) is 4.93. The number of ether oxygens (including phenoxy) is 3. The summed E-state index contributed by atoms with van der Waals surface area (Å²) in [6, 6.07) is 14.5. The van der Waals surface area contributed by atoms with Crippen LogP contribution >= 0.6 is 0 Å². The second kappa shape index (κ2) is 11.9. The lowest BCUT2D eigenvalue weighted by Gasteiger charge is -2.31. The number of esters is 1. The predicted octanol–water partition coefficient (Wildman–Crippen LogP) is 3.54. The molecule has 0 saturated carbocycles. The van der Waals surface area contributed by atoms with E-state index in [1.165, 1.54) is 6.08 Å². The molecule has 1 aliphatic rings. The Labute approximate surface area is 188 Å². The van der Waals surface area contributed by atoms with Crippen molar-refractivity contribution in [3.8, 4) is 11.5 Å². The lowest BCUT2D eigenvalue weighted by atomic mass is 10.1. The van der Waals surface area contributed by atoms with E-state index in [-0.39, 0.29) is 37.8 Å². The van der Waals surface area contributed by atoms with Crippen LogP contribution in [0.5, 0.6) is 11.5 Å². The SMILES string of the molecule is C=CCOC(=O)Cc1ccc(OC2CCN(C(=O)Oc3ccc(CCO)cc3)CC2)cc1. The number of carbonyl (C=O) groups excluding carboxylic acids is 2. The third-order valence-electron chi connectivity index (χ3n) is 5.17. The Morgan fingerprint density at radius 3 is 2.25 bits per heavy atom. The summed E-state index contributed by atoms with van der Waals surface area (Å²) in [5, 5.41) is 8.97. The van der Waals surface area contributed by atoms with Gasteiger partial charge in [-0.15, -0.1) is 0 Å². The van der Waals surface area contributed by atoms with Crippen LogP contribution < -0.4 is 9.47 Å². The van der Waals surface area contributed by atoms with Gasteiger partial charge in [0.15, 0.2) is 0 Å². The second-order valence-electron chi connectivity index (χ2n) is 7.58. The van der Waals surface area contributed by atoms with Crippen LogP contribution in [0.4, 0.5) is 4.79 Å². The molecule has 7 nitrogen and oxygen atoms in total. The first-order valence-corrected chi connectivity index (χ1v) is 10.8. The number of likely N-dealkylation sites (tertiary alicyclic amines) is 1. The van der Waals surface area contributed by atoms with E-state index >= 15 is 0 Å². The van der Waals surface area contributed by atoms with Gasteiger partial charge in [-0.1, -0.05) is 36.9 Å². The molecule has 1 saturated heterocycles. The summed E-state index contributed by atoms with van der Waals surface area (Å²) in [5.41, 5.74) is 1.85.